The lowest BCUT2D eigenvalue weighted by molar-refractivity contribution is 1.20. The van der Waals surface area contributed by atoms with E-state index < -0.39 is 0 Å². The van der Waals surface area contributed by atoms with Crippen molar-refractivity contribution in [3.8, 4) is 0 Å². The lowest BCUT2D eigenvalue weighted by Crippen LogP contribution is -2.22. The van der Waals surface area contributed by atoms with E-state index in [-0.39, 0.29) is 5.96 Å². The summed E-state index contributed by atoms with van der Waals surface area (Å²) in [5.74, 6) is -0.0781. The molecule has 0 fully saturated rings. The Morgan fingerprint density at radius 1 is 0.900 bits per heavy atom. The number of anilines is 1. The summed E-state index contributed by atoms with van der Waals surface area (Å²) in [7, 11) is 0. The lowest BCUT2D eigenvalue weighted by atomic mass is 10.00. The lowest BCUT2D eigenvalue weighted by Gasteiger charge is -2.08. The van der Waals surface area contributed by atoms with Gasteiger partial charge in [-0.15, -0.1) is 10.2 Å². The highest BCUT2D eigenvalue weighted by molar-refractivity contribution is 6.13. The summed E-state index contributed by atoms with van der Waals surface area (Å²) in [5, 5.41) is 7.91. The molecule has 0 saturated heterocycles. The van der Waals surface area contributed by atoms with E-state index in [2.05, 4.69) is 10.2 Å². The van der Waals surface area contributed by atoms with Gasteiger partial charge in [-0.25, -0.2) is 0 Å². The van der Waals surface area contributed by atoms with Crippen LogP contribution in [-0.2, 0) is 0 Å². The minimum Gasteiger partial charge on any atom is -0.399 e. The molecule has 6 N–H and O–H groups in total. The second kappa shape index (κ2) is 5.88. The number of hydrogen-bond donors (Lipinski definition) is 3. The number of nitrogen functional groups attached to an aromatic ring is 1. The number of nitrogens with two attached hydrogens (primary N) is 3. The molecule has 0 radical (unpaired) electrons. The average molecular weight is 267 g/mol. The van der Waals surface area contributed by atoms with Crippen molar-refractivity contribution in [2.45, 2.75) is 6.92 Å². The molecule has 0 bridgehead atoms. The van der Waals surface area contributed by atoms with Crippen LogP contribution in [0.25, 0.3) is 0 Å². The van der Waals surface area contributed by atoms with Gasteiger partial charge in [0.1, 0.15) is 5.71 Å². The molecule has 0 aliphatic heterocycles. The molecule has 20 heavy (non-hydrogen) atoms. The van der Waals surface area contributed by atoms with Gasteiger partial charge in [-0.3, -0.25) is 0 Å². The second-order valence-electron chi connectivity index (χ2n) is 4.41. The Hall–Kier alpha value is -2.82. The van der Waals surface area contributed by atoms with E-state index >= 15 is 0 Å². The fourth-order valence-electron chi connectivity index (χ4n) is 1.81. The molecule has 0 heterocycles. The molecule has 0 aliphatic rings. The second-order valence-corrected chi connectivity index (χ2v) is 4.41. The monoisotopic (exact) mass is 267 g/mol. The third-order valence-electron chi connectivity index (χ3n) is 2.86. The van der Waals surface area contributed by atoms with Crippen LogP contribution in [-0.4, -0.2) is 11.7 Å². The van der Waals surface area contributed by atoms with Crippen LogP contribution < -0.4 is 17.2 Å². The van der Waals surface area contributed by atoms with E-state index in [4.69, 9.17) is 17.2 Å². The maximum Gasteiger partial charge on any atom is 0.211 e. The van der Waals surface area contributed by atoms with Crippen molar-refractivity contribution < 1.29 is 0 Å². The van der Waals surface area contributed by atoms with Gasteiger partial charge in [-0.2, -0.15) is 0 Å². The zero-order valence-corrected chi connectivity index (χ0v) is 11.2. The van der Waals surface area contributed by atoms with E-state index in [1.165, 1.54) is 0 Å². The van der Waals surface area contributed by atoms with Crippen molar-refractivity contribution in [1.82, 2.24) is 0 Å². The first-order valence-electron chi connectivity index (χ1n) is 6.16. The molecule has 2 rings (SSSR count). The zero-order valence-electron chi connectivity index (χ0n) is 11.2. The van der Waals surface area contributed by atoms with Crippen LogP contribution in [0.2, 0.25) is 0 Å². The van der Waals surface area contributed by atoms with Crippen LogP contribution in [0, 0.1) is 6.92 Å². The SMILES string of the molecule is Cc1cc(/C(=N/N=C(N)N)c2ccccc2)ccc1N. The van der Waals surface area contributed by atoms with Crippen LogP contribution in [0.1, 0.15) is 16.7 Å². The predicted molar refractivity (Wildman–Crippen MR) is 83.5 cm³/mol. The molecule has 0 amide bonds. The number of nitrogens with zero attached hydrogens (tertiary/aromatic N) is 2. The molecule has 0 aliphatic carbocycles. The quantitative estimate of drug-likeness (QED) is 0.340. The smallest absolute Gasteiger partial charge is 0.211 e. The van der Waals surface area contributed by atoms with Crippen LogP contribution >= 0.6 is 0 Å². The minimum absolute atomic E-state index is 0.0781. The molecule has 5 nitrogen and oxygen atoms in total. The summed E-state index contributed by atoms with van der Waals surface area (Å²) in [6.07, 6.45) is 0. The first kappa shape index (κ1) is 13.6. The maximum absolute atomic E-state index is 5.84. The summed E-state index contributed by atoms with van der Waals surface area (Å²) < 4.78 is 0. The van der Waals surface area contributed by atoms with Crippen LogP contribution in [0.4, 0.5) is 5.69 Å². The fraction of sp³-hybridized carbons (Fsp3) is 0.0667. The molecular formula is C15H17N5. The number of aryl methyl sites for hydroxylation is 1. The van der Waals surface area contributed by atoms with Crippen LogP contribution in [0.5, 0.6) is 0 Å². The van der Waals surface area contributed by atoms with Crippen molar-refractivity contribution >= 4 is 17.4 Å². The standard InChI is InChI=1S/C15H17N5/c1-10-9-12(7-8-13(10)16)14(19-20-15(17)18)11-5-3-2-4-6-11/h2-9H,16H2,1H3,(H4,17,18,20)/b19-14+. The molecular weight excluding hydrogens is 250 g/mol. The van der Waals surface area contributed by atoms with Gasteiger partial charge in [0.25, 0.3) is 0 Å². The van der Waals surface area contributed by atoms with Gasteiger partial charge < -0.3 is 17.2 Å². The highest BCUT2D eigenvalue weighted by Gasteiger charge is 2.08. The molecule has 0 aromatic heterocycles. The molecule has 0 atom stereocenters. The number of guanidine groups is 1. The maximum atomic E-state index is 5.84. The van der Waals surface area contributed by atoms with Gasteiger partial charge >= 0.3 is 0 Å². The Kier molecular flexibility index (Phi) is 4.00. The van der Waals surface area contributed by atoms with Crippen molar-refractivity contribution in [3.05, 3.63) is 65.2 Å². The Bertz CT molecular complexity index is 655. The Morgan fingerprint density at radius 3 is 2.20 bits per heavy atom. The molecule has 102 valence electrons. The fourth-order valence-corrected chi connectivity index (χ4v) is 1.81. The molecule has 0 saturated carbocycles. The summed E-state index contributed by atoms with van der Waals surface area (Å²) in [6, 6.07) is 15.4. The first-order chi connectivity index (χ1) is 9.58. The summed E-state index contributed by atoms with van der Waals surface area (Å²) in [6.45, 7) is 1.95. The van der Waals surface area contributed by atoms with E-state index in [1.807, 2.05) is 55.5 Å². The third-order valence-corrected chi connectivity index (χ3v) is 2.86. The first-order valence-corrected chi connectivity index (χ1v) is 6.16. The van der Waals surface area contributed by atoms with Crippen LogP contribution in [0.15, 0.2) is 58.7 Å². The highest BCUT2D eigenvalue weighted by Crippen LogP contribution is 2.17. The van der Waals surface area contributed by atoms with Gasteiger partial charge in [0, 0.05) is 16.8 Å². The number of rotatable bonds is 3. The van der Waals surface area contributed by atoms with E-state index in [1.54, 1.807) is 0 Å². The third kappa shape index (κ3) is 3.14. The van der Waals surface area contributed by atoms with Gasteiger partial charge in [0.2, 0.25) is 5.96 Å². The molecule has 0 spiro atoms. The Balaban J connectivity index is 2.55. The van der Waals surface area contributed by atoms with Crippen molar-refractivity contribution in [3.63, 3.8) is 0 Å². The largest absolute Gasteiger partial charge is 0.399 e. The molecule has 0 unspecified atom stereocenters. The molecule has 2 aromatic carbocycles. The summed E-state index contributed by atoms with van der Waals surface area (Å²) in [5.41, 5.74) is 20.8. The zero-order chi connectivity index (χ0) is 14.5. The molecule has 2 aromatic rings. The number of hydrogen-bond acceptors (Lipinski definition) is 3. The minimum atomic E-state index is -0.0781. The summed E-state index contributed by atoms with van der Waals surface area (Å²) >= 11 is 0. The Labute approximate surface area is 117 Å². The Morgan fingerprint density at radius 2 is 1.60 bits per heavy atom. The van der Waals surface area contributed by atoms with E-state index in [0.717, 1.165) is 22.4 Å². The molecule has 5 heteroatoms. The number of benzene rings is 2. The predicted octanol–water partition coefficient (Wildman–Crippen LogP) is 1.60. The van der Waals surface area contributed by atoms with E-state index in [0.29, 0.717) is 5.71 Å². The summed E-state index contributed by atoms with van der Waals surface area (Å²) in [4.78, 5) is 0. The van der Waals surface area contributed by atoms with Gasteiger partial charge in [-0.1, -0.05) is 36.4 Å². The van der Waals surface area contributed by atoms with Crippen molar-refractivity contribution in [2.75, 3.05) is 5.73 Å². The topological polar surface area (TPSA) is 103 Å². The van der Waals surface area contributed by atoms with Crippen LogP contribution in [0.3, 0.4) is 0 Å². The highest BCUT2D eigenvalue weighted by atomic mass is 15.3. The van der Waals surface area contributed by atoms with Gasteiger partial charge in [0.05, 0.1) is 0 Å². The average Bonchev–Trinajstić information content (AvgIpc) is 2.44. The van der Waals surface area contributed by atoms with Crippen molar-refractivity contribution in [2.24, 2.45) is 21.7 Å². The van der Waals surface area contributed by atoms with E-state index in [9.17, 15) is 0 Å². The normalized spacial score (nSPS) is 11.2. The van der Waals surface area contributed by atoms with Gasteiger partial charge in [0.15, 0.2) is 0 Å². The van der Waals surface area contributed by atoms with Crippen molar-refractivity contribution in [1.29, 1.82) is 0 Å². The van der Waals surface area contributed by atoms with Gasteiger partial charge in [-0.05, 0) is 24.6 Å².